The number of aromatic nitrogens is 3. The van der Waals surface area contributed by atoms with E-state index in [9.17, 15) is 8.78 Å². The minimum absolute atomic E-state index is 0.000679. The molecule has 0 spiro atoms. The summed E-state index contributed by atoms with van der Waals surface area (Å²) < 4.78 is 31.3. The zero-order valence-corrected chi connectivity index (χ0v) is 11.6. The highest BCUT2D eigenvalue weighted by atomic mass is 32.2. The fourth-order valence-electron chi connectivity index (χ4n) is 1.31. The highest BCUT2D eigenvalue weighted by molar-refractivity contribution is 7.99. The first-order valence-electron chi connectivity index (χ1n) is 5.75. The number of rotatable bonds is 4. The Kier molecular flexibility index (Phi) is 4.33. The Morgan fingerprint density at radius 3 is 2.55 bits per heavy atom. The average Bonchev–Trinajstić information content (AvgIpc) is 2.32. The number of nitrogens with zero attached hydrogens (tertiary/aromatic N) is 3. The summed E-state index contributed by atoms with van der Waals surface area (Å²) in [6, 6.07) is 3.61. The van der Waals surface area contributed by atoms with Gasteiger partial charge in [-0.25, -0.2) is 8.78 Å². The van der Waals surface area contributed by atoms with Gasteiger partial charge in [0.25, 0.3) is 0 Å². The van der Waals surface area contributed by atoms with Crippen LogP contribution in [-0.4, -0.2) is 21.1 Å². The number of benzene rings is 1. The Hall–Kier alpha value is -1.96. The summed E-state index contributed by atoms with van der Waals surface area (Å²) in [4.78, 5) is 12.2. The number of hydrogen-bond acceptors (Lipinski definition) is 6. The van der Waals surface area contributed by atoms with Crippen LogP contribution < -0.4 is 10.5 Å². The third kappa shape index (κ3) is 3.77. The molecule has 1 aromatic heterocycles. The standard InChI is InChI=1S/C12H12F2N4OS/c1-6(2)19-11-16-10(15)17-12(18-11)20-7-3-4-8(13)9(14)5-7/h3-6H,1-2H3,(H2,15,16,17,18). The van der Waals surface area contributed by atoms with Gasteiger partial charge < -0.3 is 10.5 Å². The molecule has 2 N–H and O–H groups in total. The molecule has 0 atom stereocenters. The van der Waals surface area contributed by atoms with Crippen molar-refractivity contribution in [1.29, 1.82) is 0 Å². The molecule has 0 amide bonds. The fourth-order valence-corrected chi connectivity index (χ4v) is 2.08. The van der Waals surface area contributed by atoms with Crippen molar-refractivity contribution in [2.24, 2.45) is 0 Å². The molecule has 106 valence electrons. The molecule has 20 heavy (non-hydrogen) atoms. The summed E-state index contributed by atoms with van der Waals surface area (Å²) in [7, 11) is 0. The molecule has 0 saturated heterocycles. The maximum atomic E-state index is 13.1. The first kappa shape index (κ1) is 14.4. The molecule has 2 aromatic rings. The van der Waals surface area contributed by atoms with E-state index in [1.165, 1.54) is 6.07 Å². The molecule has 0 aliphatic rings. The first-order chi connectivity index (χ1) is 9.44. The Morgan fingerprint density at radius 2 is 1.90 bits per heavy atom. The van der Waals surface area contributed by atoms with Crippen molar-refractivity contribution in [2.75, 3.05) is 5.73 Å². The van der Waals surface area contributed by atoms with E-state index in [4.69, 9.17) is 10.5 Å². The maximum Gasteiger partial charge on any atom is 0.322 e. The normalized spacial score (nSPS) is 10.8. The predicted molar refractivity (Wildman–Crippen MR) is 70.5 cm³/mol. The molecule has 0 unspecified atom stereocenters. The van der Waals surface area contributed by atoms with Crippen LogP contribution in [0.5, 0.6) is 6.01 Å². The zero-order chi connectivity index (χ0) is 14.7. The highest BCUT2D eigenvalue weighted by Crippen LogP contribution is 2.27. The second-order valence-corrected chi connectivity index (χ2v) is 5.14. The Bertz CT molecular complexity index is 624. The number of nitrogen functional groups attached to an aromatic ring is 1. The molecule has 0 fully saturated rings. The summed E-state index contributed by atoms with van der Waals surface area (Å²) >= 11 is 1.04. The molecule has 0 aliphatic carbocycles. The molecular weight excluding hydrogens is 286 g/mol. The molecule has 1 aromatic carbocycles. The van der Waals surface area contributed by atoms with Crippen molar-refractivity contribution in [3.05, 3.63) is 29.8 Å². The van der Waals surface area contributed by atoms with Crippen LogP contribution >= 0.6 is 11.8 Å². The Morgan fingerprint density at radius 1 is 1.15 bits per heavy atom. The summed E-state index contributed by atoms with van der Waals surface area (Å²) in [5.41, 5.74) is 5.55. The van der Waals surface area contributed by atoms with Gasteiger partial charge in [0, 0.05) is 4.90 Å². The summed E-state index contributed by atoms with van der Waals surface area (Å²) in [6.45, 7) is 3.64. The summed E-state index contributed by atoms with van der Waals surface area (Å²) in [5, 5.41) is 0.249. The van der Waals surface area contributed by atoms with Crippen LogP contribution in [0.4, 0.5) is 14.7 Å². The van der Waals surface area contributed by atoms with E-state index in [2.05, 4.69) is 15.0 Å². The van der Waals surface area contributed by atoms with E-state index in [1.807, 2.05) is 13.8 Å². The van der Waals surface area contributed by atoms with E-state index in [0.717, 1.165) is 23.9 Å². The quantitative estimate of drug-likeness (QED) is 0.935. The summed E-state index contributed by atoms with van der Waals surface area (Å²) in [5.74, 6) is -1.84. The second kappa shape index (κ2) is 6.00. The van der Waals surface area contributed by atoms with Gasteiger partial charge in [0.1, 0.15) is 0 Å². The van der Waals surface area contributed by atoms with Gasteiger partial charge in [-0.05, 0) is 43.8 Å². The van der Waals surface area contributed by atoms with Crippen molar-refractivity contribution in [3.63, 3.8) is 0 Å². The number of halogens is 2. The van der Waals surface area contributed by atoms with Crippen LogP contribution in [0.25, 0.3) is 0 Å². The van der Waals surface area contributed by atoms with Crippen LogP contribution in [0.1, 0.15) is 13.8 Å². The van der Waals surface area contributed by atoms with Gasteiger partial charge >= 0.3 is 6.01 Å². The van der Waals surface area contributed by atoms with Crippen molar-refractivity contribution < 1.29 is 13.5 Å². The van der Waals surface area contributed by atoms with Crippen molar-refractivity contribution in [3.8, 4) is 6.01 Å². The fraction of sp³-hybridized carbons (Fsp3) is 0.250. The SMILES string of the molecule is CC(C)Oc1nc(N)nc(Sc2ccc(F)c(F)c2)n1. The number of anilines is 1. The van der Waals surface area contributed by atoms with Gasteiger partial charge in [-0.15, -0.1) is 0 Å². The van der Waals surface area contributed by atoms with Gasteiger partial charge in [-0.1, -0.05) is 0 Å². The number of nitrogens with two attached hydrogens (primary N) is 1. The zero-order valence-electron chi connectivity index (χ0n) is 10.8. The second-order valence-electron chi connectivity index (χ2n) is 4.10. The van der Waals surface area contributed by atoms with Crippen LogP contribution in [0.3, 0.4) is 0 Å². The van der Waals surface area contributed by atoms with Gasteiger partial charge in [0.15, 0.2) is 11.6 Å². The van der Waals surface area contributed by atoms with Crippen molar-refractivity contribution in [2.45, 2.75) is 30.0 Å². The molecular formula is C12H12F2N4OS. The molecule has 0 radical (unpaired) electrons. The van der Waals surface area contributed by atoms with Gasteiger partial charge in [-0.2, -0.15) is 15.0 Å². The van der Waals surface area contributed by atoms with Crippen molar-refractivity contribution in [1.82, 2.24) is 15.0 Å². The maximum absolute atomic E-state index is 13.1. The molecule has 0 saturated carbocycles. The van der Waals surface area contributed by atoms with Crippen LogP contribution in [-0.2, 0) is 0 Å². The number of hydrogen-bond donors (Lipinski definition) is 1. The van der Waals surface area contributed by atoms with Gasteiger partial charge in [0.05, 0.1) is 6.10 Å². The predicted octanol–water partition coefficient (Wildman–Crippen LogP) is 2.67. The van der Waals surface area contributed by atoms with E-state index < -0.39 is 11.6 Å². The topological polar surface area (TPSA) is 73.9 Å². The molecule has 5 nitrogen and oxygen atoms in total. The average molecular weight is 298 g/mol. The lowest BCUT2D eigenvalue weighted by molar-refractivity contribution is 0.219. The lowest BCUT2D eigenvalue weighted by atomic mass is 10.3. The first-order valence-corrected chi connectivity index (χ1v) is 6.57. The number of ether oxygens (including phenoxy) is 1. The van der Waals surface area contributed by atoms with E-state index >= 15 is 0 Å². The molecule has 2 rings (SSSR count). The minimum Gasteiger partial charge on any atom is -0.461 e. The molecule has 0 aliphatic heterocycles. The smallest absolute Gasteiger partial charge is 0.322 e. The molecule has 1 heterocycles. The van der Waals surface area contributed by atoms with Crippen LogP contribution in [0.2, 0.25) is 0 Å². The molecule has 0 bridgehead atoms. The summed E-state index contributed by atoms with van der Waals surface area (Å²) in [6.07, 6.45) is -0.113. The van der Waals surface area contributed by atoms with Crippen LogP contribution in [0, 0.1) is 11.6 Å². The largest absolute Gasteiger partial charge is 0.461 e. The Labute approximate surface area is 118 Å². The van der Waals surface area contributed by atoms with Crippen LogP contribution in [0.15, 0.2) is 28.3 Å². The van der Waals surface area contributed by atoms with E-state index in [-0.39, 0.29) is 23.2 Å². The third-order valence-corrected chi connectivity index (χ3v) is 2.91. The lowest BCUT2D eigenvalue weighted by Gasteiger charge is -2.08. The highest BCUT2D eigenvalue weighted by Gasteiger charge is 2.10. The minimum atomic E-state index is -0.935. The third-order valence-electron chi connectivity index (χ3n) is 2.05. The molecule has 8 heteroatoms. The Balaban J connectivity index is 2.24. The van der Waals surface area contributed by atoms with E-state index in [1.54, 1.807) is 0 Å². The van der Waals surface area contributed by atoms with Gasteiger partial charge in [0.2, 0.25) is 11.1 Å². The van der Waals surface area contributed by atoms with Gasteiger partial charge in [-0.3, -0.25) is 0 Å². The lowest BCUT2D eigenvalue weighted by Crippen LogP contribution is -2.10. The van der Waals surface area contributed by atoms with Crippen molar-refractivity contribution >= 4 is 17.7 Å². The van der Waals surface area contributed by atoms with E-state index in [0.29, 0.717) is 4.90 Å². The monoisotopic (exact) mass is 298 g/mol.